The van der Waals surface area contributed by atoms with E-state index in [1.165, 1.54) is 22.5 Å². The quantitative estimate of drug-likeness (QED) is 0.763. The number of aromatic amines is 1. The van der Waals surface area contributed by atoms with Crippen LogP contribution in [0.15, 0.2) is 24.4 Å². The molecule has 2 aromatic rings. The van der Waals surface area contributed by atoms with Gasteiger partial charge in [0, 0.05) is 36.6 Å². The summed E-state index contributed by atoms with van der Waals surface area (Å²) in [5.41, 5.74) is 5.97. The van der Waals surface area contributed by atoms with Crippen molar-refractivity contribution in [1.82, 2.24) is 10.2 Å². The van der Waals surface area contributed by atoms with Crippen LogP contribution in [0.3, 0.4) is 0 Å². The van der Waals surface area contributed by atoms with Crippen molar-refractivity contribution in [2.24, 2.45) is 0 Å². The van der Waals surface area contributed by atoms with Gasteiger partial charge in [-0.15, -0.1) is 0 Å². The highest BCUT2D eigenvalue weighted by molar-refractivity contribution is 5.84. The van der Waals surface area contributed by atoms with Gasteiger partial charge in [-0.05, 0) is 18.2 Å². The van der Waals surface area contributed by atoms with Gasteiger partial charge in [-0.25, -0.2) is 0 Å². The van der Waals surface area contributed by atoms with Gasteiger partial charge in [0.05, 0.1) is 18.4 Å². The number of aromatic nitrogens is 2. The monoisotopic (exact) mass is 214 g/mol. The second-order valence-corrected chi connectivity index (χ2v) is 4.24. The number of H-pyrrole nitrogens is 1. The lowest BCUT2D eigenvalue weighted by Gasteiger charge is -2.21. The molecule has 0 bridgehead atoms. The summed E-state index contributed by atoms with van der Waals surface area (Å²) >= 11 is 0. The third-order valence-electron chi connectivity index (χ3n) is 2.98. The third kappa shape index (κ3) is 1.26. The van der Waals surface area contributed by atoms with Crippen LogP contribution in [0.4, 0.5) is 11.4 Å². The Morgan fingerprint density at radius 2 is 2.12 bits per heavy atom. The topological polar surface area (TPSA) is 44.0 Å². The van der Waals surface area contributed by atoms with Crippen LogP contribution in [0, 0.1) is 0 Å². The number of benzene rings is 1. The molecule has 3 rings (SSSR count). The second kappa shape index (κ2) is 3.27. The maximum absolute atomic E-state index is 4.10. The van der Waals surface area contributed by atoms with Crippen LogP contribution in [0.5, 0.6) is 0 Å². The Labute approximate surface area is 94.3 Å². The molecule has 0 spiro atoms. The summed E-state index contributed by atoms with van der Waals surface area (Å²) in [5, 5.41) is 10.5. The fourth-order valence-corrected chi connectivity index (χ4v) is 2.05. The molecule has 0 saturated carbocycles. The zero-order valence-electron chi connectivity index (χ0n) is 9.41. The minimum Gasteiger partial charge on any atom is -0.379 e. The van der Waals surface area contributed by atoms with E-state index >= 15 is 0 Å². The van der Waals surface area contributed by atoms with Gasteiger partial charge in [0.15, 0.2) is 0 Å². The first-order valence-electron chi connectivity index (χ1n) is 5.33. The Morgan fingerprint density at radius 3 is 2.94 bits per heavy atom. The number of rotatable bonds is 1. The van der Waals surface area contributed by atoms with Crippen molar-refractivity contribution in [3.8, 4) is 11.1 Å². The summed E-state index contributed by atoms with van der Waals surface area (Å²) in [6, 6.07) is 6.44. The largest absolute Gasteiger partial charge is 0.379 e. The van der Waals surface area contributed by atoms with Crippen molar-refractivity contribution >= 4 is 11.4 Å². The van der Waals surface area contributed by atoms with E-state index in [0.29, 0.717) is 0 Å². The zero-order chi connectivity index (χ0) is 11.1. The average Bonchev–Trinajstić information content (AvgIpc) is 2.76. The van der Waals surface area contributed by atoms with E-state index in [2.05, 4.69) is 38.6 Å². The highest BCUT2D eigenvalue weighted by atomic mass is 15.1. The lowest BCUT2D eigenvalue weighted by Crippen LogP contribution is -2.11. The van der Waals surface area contributed by atoms with Gasteiger partial charge in [-0.1, -0.05) is 0 Å². The molecule has 0 fully saturated rings. The van der Waals surface area contributed by atoms with Crippen LogP contribution >= 0.6 is 0 Å². The van der Waals surface area contributed by atoms with Gasteiger partial charge in [-0.2, -0.15) is 5.10 Å². The van der Waals surface area contributed by atoms with Crippen molar-refractivity contribution in [3.05, 3.63) is 30.1 Å². The van der Waals surface area contributed by atoms with Crippen LogP contribution < -0.4 is 10.2 Å². The molecule has 82 valence electrons. The number of nitrogens with zero attached hydrogens (tertiary/aromatic N) is 2. The molecule has 1 aliphatic rings. The number of hydrogen-bond acceptors (Lipinski definition) is 3. The normalized spacial score (nSPS) is 12.6. The van der Waals surface area contributed by atoms with Crippen LogP contribution in [-0.4, -0.2) is 24.3 Å². The van der Waals surface area contributed by atoms with Gasteiger partial charge in [-0.3, -0.25) is 5.10 Å². The summed E-state index contributed by atoms with van der Waals surface area (Å²) < 4.78 is 0. The maximum atomic E-state index is 4.10. The van der Waals surface area contributed by atoms with E-state index in [-0.39, 0.29) is 0 Å². The fraction of sp³-hybridized carbons (Fsp3) is 0.250. The molecule has 0 radical (unpaired) electrons. The molecule has 16 heavy (non-hydrogen) atoms. The standard InChI is InChI=1S/C12H14N4/c1-16(2)8-3-4-11-9(5-8)10-6-14-15-12(10)7-13-11/h3-6,13H,7H2,1-2H3,(H,14,15). The number of hydrogen-bond donors (Lipinski definition) is 2. The number of anilines is 2. The molecule has 0 unspecified atom stereocenters. The van der Waals surface area contributed by atoms with Crippen molar-refractivity contribution in [3.63, 3.8) is 0 Å². The first kappa shape index (κ1) is 9.27. The fourth-order valence-electron chi connectivity index (χ4n) is 2.05. The second-order valence-electron chi connectivity index (χ2n) is 4.24. The molecule has 1 aromatic carbocycles. The van der Waals surface area contributed by atoms with E-state index in [1.807, 2.05) is 20.3 Å². The van der Waals surface area contributed by atoms with Crippen LogP contribution in [0.25, 0.3) is 11.1 Å². The van der Waals surface area contributed by atoms with E-state index in [0.717, 1.165) is 12.2 Å². The molecule has 0 atom stereocenters. The molecular formula is C12H14N4. The lowest BCUT2D eigenvalue weighted by molar-refractivity contribution is 0.976. The molecule has 2 N–H and O–H groups in total. The molecule has 2 heterocycles. The van der Waals surface area contributed by atoms with Crippen LogP contribution in [-0.2, 0) is 6.54 Å². The molecule has 4 nitrogen and oxygen atoms in total. The van der Waals surface area contributed by atoms with Gasteiger partial charge in [0.1, 0.15) is 0 Å². The summed E-state index contributed by atoms with van der Waals surface area (Å²) in [6.45, 7) is 0.823. The number of nitrogens with one attached hydrogen (secondary N) is 2. The minimum absolute atomic E-state index is 0.823. The predicted molar refractivity (Wildman–Crippen MR) is 65.7 cm³/mol. The summed E-state index contributed by atoms with van der Waals surface area (Å²) in [4.78, 5) is 2.11. The summed E-state index contributed by atoms with van der Waals surface area (Å²) in [5.74, 6) is 0. The smallest absolute Gasteiger partial charge is 0.0622 e. The van der Waals surface area contributed by atoms with Crippen molar-refractivity contribution < 1.29 is 0 Å². The zero-order valence-corrected chi connectivity index (χ0v) is 9.41. The van der Waals surface area contributed by atoms with Gasteiger partial charge < -0.3 is 10.2 Å². The summed E-state index contributed by atoms with van der Waals surface area (Å²) in [7, 11) is 4.10. The highest BCUT2D eigenvalue weighted by Gasteiger charge is 2.17. The first-order valence-corrected chi connectivity index (χ1v) is 5.33. The average molecular weight is 214 g/mol. The van der Waals surface area contributed by atoms with Gasteiger partial charge >= 0.3 is 0 Å². The molecule has 1 aliphatic heterocycles. The van der Waals surface area contributed by atoms with Crippen LogP contribution in [0.1, 0.15) is 5.69 Å². The van der Waals surface area contributed by atoms with E-state index in [9.17, 15) is 0 Å². The Bertz CT molecular complexity index is 528. The predicted octanol–water partition coefficient (Wildman–Crippen LogP) is 2.07. The van der Waals surface area contributed by atoms with E-state index in [4.69, 9.17) is 0 Å². The summed E-state index contributed by atoms with van der Waals surface area (Å²) in [6.07, 6.45) is 1.90. The highest BCUT2D eigenvalue weighted by Crippen LogP contribution is 2.36. The van der Waals surface area contributed by atoms with Crippen molar-refractivity contribution in [2.45, 2.75) is 6.54 Å². The Hall–Kier alpha value is -1.97. The molecule has 0 amide bonds. The Kier molecular flexibility index (Phi) is 1.89. The molecule has 0 aliphatic carbocycles. The molecule has 4 heteroatoms. The lowest BCUT2D eigenvalue weighted by atomic mass is 10.00. The molecule has 0 saturated heterocycles. The van der Waals surface area contributed by atoms with Crippen LogP contribution in [0.2, 0.25) is 0 Å². The Morgan fingerprint density at radius 1 is 1.25 bits per heavy atom. The molecular weight excluding hydrogens is 200 g/mol. The third-order valence-corrected chi connectivity index (χ3v) is 2.98. The van der Waals surface area contributed by atoms with Crippen molar-refractivity contribution in [2.75, 3.05) is 24.3 Å². The molecule has 1 aromatic heterocycles. The van der Waals surface area contributed by atoms with E-state index in [1.54, 1.807) is 0 Å². The number of fused-ring (bicyclic) bond motifs is 3. The van der Waals surface area contributed by atoms with E-state index < -0.39 is 0 Å². The maximum Gasteiger partial charge on any atom is 0.0622 e. The van der Waals surface area contributed by atoms with Gasteiger partial charge in [0.2, 0.25) is 0 Å². The first-order chi connectivity index (χ1) is 7.75. The SMILES string of the molecule is CN(C)c1ccc2c(c1)-c1cn[nH]c1CN2. The van der Waals surface area contributed by atoms with Gasteiger partial charge in [0.25, 0.3) is 0 Å². The minimum atomic E-state index is 0.823. The Balaban J connectivity index is 2.18. The van der Waals surface area contributed by atoms with Crippen molar-refractivity contribution in [1.29, 1.82) is 0 Å².